The van der Waals surface area contributed by atoms with Crippen LogP contribution in [0.5, 0.6) is 0 Å². The van der Waals surface area contributed by atoms with Crippen LogP contribution in [0.2, 0.25) is 0 Å². The minimum atomic E-state index is 0.530. The molecule has 5 heteroatoms. The van der Waals surface area contributed by atoms with Gasteiger partial charge in [0.25, 0.3) is 0 Å². The Morgan fingerprint density at radius 3 is 2.83 bits per heavy atom. The van der Waals surface area contributed by atoms with Crippen molar-refractivity contribution < 1.29 is 0 Å². The van der Waals surface area contributed by atoms with Crippen molar-refractivity contribution in [2.75, 3.05) is 5.73 Å². The molecule has 0 aliphatic carbocycles. The second-order valence-electron chi connectivity index (χ2n) is 2.47. The Labute approximate surface area is 69.4 Å². The Balaban J connectivity index is 2.14. The molecule has 0 aromatic carbocycles. The minimum absolute atomic E-state index is 0.530. The Morgan fingerprint density at radius 1 is 1.33 bits per heavy atom. The molecule has 0 spiro atoms. The molecule has 5 nitrogen and oxygen atoms in total. The fraction of sp³-hybridized carbons (Fsp3) is 0.143. The lowest BCUT2D eigenvalue weighted by Gasteiger charge is -1.99. The molecular formula is C7H9N5. The normalized spacial score (nSPS) is 10.3. The van der Waals surface area contributed by atoms with E-state index in [2.05, 4.69) is 10.2 Å². The molecule has 62 valence electrons. The maximum Gasteiger partial charge on any atom is 0.145 e. The summed E-state index contributed by atoms with van der Waals surface area (Å²) in [5.74, 6) is 0.530. The first-order chi connectivity index (χ1) is 5.84. The van der Waals surface area contributed by atoms with Gasteiger partial charge in [-0.1, -0.05) is 0 Å². The molecular weight excluding hydrogens is 154 g/mol. The summed E-state index contributed by atoms with van der Waals surface area (Å²) in [6.07, 6.45) is 5.42. The Morgan fingerprint density at radius 2 is 2.25 bits per heavy atom. The zero-order valence-electron chi connectivity index (χ0n) is 6.46. The van der Waals surface area contributed by atoms with Crippen LogP contribution in [0.4, 0.5) is 5.82 Å². The average molecular weight is 163 g/mol. The zero-order valence-corrected chi connectivity index (χ0v) is 6.46. The Hall–Kier alpha value is -1.78. The van der Waals surface area contributed by atoms with Crippen molar-refractivity contribution in [3.63, 3.8) is 0 Å². The number of aromatic nitrogens is 4. The molecule has 0 atom stereocenters. The first-order valence-corrected chi connectivity index (χ1v) is 3.61. The Bertz CT molecular complexity index is 348. The summed E-state index contributed by atoms with van der Waals surface area (Å²) in [6.45, 7) is 0.601. The van der Waals surface area contributed by atoms with Gasteiger partial charge in [0.1, 0.15) is 12.5 Å². The molecule has 2 N–H and O–H groups in total. The van der Waals surface area contributed by atoms with Gasteiger partial charge in [-0.3, -0.25) is 4.68 Å². The van der Waals surface area contributed by atoms with Crippen LogP contribution >= 0.6 is 0 Å². The van der Waals surface area contributed by atoms with Crippen molar-refractivity contribution in [2.45, 2.75) is 6.67 Å². The van der Waals surface area contributed by atoms with Gasteiger partial charge >= 0.3 is 0 Å². The topological polar surface area (TPSA) is 61.7 Å². The number of nitrogens with zero attached hydrogens (tertiary/aromatic N) is 4. The van der Waals surface area contributed by atoms with E-state index in [-0.39, 0.29) is 0 Å². The molecule has 0 radical (unpaired) electrons. The van der Waals surface area contributed by atoms with Crippen molar-refractivity contribution in [2.24, 2.45) is 0 Å². The van der Waals surface area contributed by atoms with Crippen LogP contribution in [-0.4, -0.2) is 19.6 Å². The number of nitrogen functional groups attached to an aromatic ring is 1. The third-order valence-corrected chi connectivity index (χ3v) is 1.51. The van der Waals surface area contributed by atoms with Crippen molar-refractivity contribution >= 4 is 5.82 Å². The lowest BCUT2D eigenvalue weighted by atomic mass is 10.7. The first-order valence-electron chi connectivity index (χ1n) is 3.61. The number of rotatable bonds is 2. The lowest BCUT2D eigenvalue weighted by molar-refractivity contribution is 0.504. The molecule has 0 unspecified atom stereocenters. The molecule has 0 amide bonds. The van der Waals surface area contributed by atoms with Gasteiger partial charge in [-0.15, -0.1) is 0 Å². The van der Waals surface area contributed by atoms with E-state index in [4.69, 9.17) is 5.73 Å². The fourth-order valence-electron chi connectivity index (χ4n) is 0.989. The lowest BCUT2D eigenvalue weighted by Crippen LogP contribution is -2.08. The van der Waals surface area contributed by atoms with Crippen molar-refractivity contribution in [3.8, 4) is 0 Å². The van der Waals surface area contributed by atoms with Crippen LogP contribution in [0, 0.1) is 0 Å². The average Bonchev–Trinajstić information content (AvgIpc) is 2.63. The fourth-order valence-corrected chi connectivity index (χ4v) is 0.989. The Kier molecular flexibility index (Phi) is 1.55. The van der Waals surface area contributed by atoms with E-state index in [0.29, 0.717) is 12.5 Å². The van der Waals surface area contributed by atoms with E-state index in [1.165, 1.54) is 0 Å². The highest BCUT2D eigenvalue weighted by molar-refractivity contribution is 5.23. The van der Waals surface area contributed by atoms with Crippen LogP contribution in [-0.2, 0) is 6.67 Å². The molecule has 0 aliphatic rings. The molecule has 0 aliphatic heterocycles. The van der Waals surface area contributed by atoms with E-state index in [1.54, 1.807) is 21.6 Å². The number of nitrogens with two attached hydrogens (primary N) is 1. The van der Waals surface area contributed by atoms with Crippen LogP contribution in [0.25, 0.3) is 0 Å². The summed E-state index contributed by atoms with van der Waals surface area (Å²) < 4.78 is 3.49. The highest BCUT2D eigenvalue weighted by Crippen LogP contribution is 1.95. The van der Waals surface area contributed by atoms with Gasteiger partial charge in [0.05, 0.1) is 0 Å². The molecule has 12 heavy (non-hydrogen) atoms. The molecule has 0 fully saturated rings. The van der Waals surface area contributed by atoms with Crippen molar-refractivity contribution in [1.82, 2.24) is 19.6 Å². The van der Waals surface area contributed by atoms with Gasteiger partial charge in [0.15, 0.2) is 0 Å². The van der Waals surface area contributed by atoms with Gasteiger partial charge in [0, 0.05) is 24.7 Å². The summed E-state index contributed by atoms with van der Waals surface area (Å²) >= 11 is 0. The van der Waals surface area contributed by atoms with E-state index in [1.807, 2.05) is 18.5 Å². The van der Waals surface area contributed by atoms with Gasteiger partial charge in [-0.05, 0) is 6.07 Å². The van der Waals surface area contributed by atoms with E-state index in [9.17, 15) is 0 Å². The quantitative estimate of drug-likeness (QED) is 0.686. The SMILES string of the molecule is Nc1ccn(Cn2cccn2)n1. The number of hydrogen-bond acceptors (Lipinski definition) is 3. The largest absolute Gasteiger partial charge is 0.382 e. The highest BCUT2D eigenvalue weighted by Gasteiger charge is 1.94. The van der Waals surface area contributed by atoms with E-state index >= 15 is 0 Å². The summed E-state index contributed by atoms with van der Waals surface area (Å²) in [4.78, 5) is 0. The van der Waals surface area contributed by atoms with E-state index in [0.717, 1.165) is 0 Å². The predicted molar refractivity (Wildman–Crippen MR) is 44.3 cm³/mol. The third-order valence-electron chi connectivity index (χ3n) is 1.51. The second kappa shape index (κ2) is 2.69. The summed E-state index contributed by atoms with van der Waals surface area (Å²) in [7, 11) is 0. The number of anilines is 1. The van der Waals surface area contributed by atoms with Gasteiger partial charge < -0.3 is 5.73 Å². The maximum atomic E-state index is 5.45. The van der Waals surface area contributed by atoms with Gasteiger partial charge in [-0.2, -0.15) is 10.2 Å². The molecule has 0 saturated heterocycles. The smallest absolute Gasteiger partial charge is 0.145 e. The van der Waals surface area contributed by atoms with Crippen molar-refractivity contribution in [1.29, 1.82) is 0 Å². The first kappa shape index (κ1) is 6.90. The minimum Gasteiger partial charge on any atom is -0.382 e. The number of hydrogen-bond donors (Lipinski definition) is 1. The molecule has 2 aromatic heterocycles. The molecule has 2 rings (SSSR count). The third kappa shape index (κ3) is 1.29. The summed E-state index contributed by atoms with van der Waals surface area (Å²) in [6, 6.07) is 3.62. The maximum absolute atomic E-state index is 5.45. The van der Waals surface area contributed by atoms with Crippen LogP contribution in [0.15, 0.2) is 30.7 Å². The van der Waals surface area contributed by atoms with E-state index < -0.39 is 0 Å². The van der Waals surface area contributed by atoms with Gasteiger partial charge in [0.2, 0.25) is 0 Å². The van der Waals surface area contributed by atoms with Crippen LogP contribution < -0.4 is 5.73 Å². The van der Waals surface area contributed by atoms with Crippen LogP contribution in [0.3, 0.4) is 0 Å². The monoisotopic (exact) mass is 163 g/mol. The highest BCUT2D eigenvalue weighted by atomic mass is 15.4. The molecule has 0 bridgehead atoms. The predicted octanol–water partition coefficient (Wildman–Crippen LogP) is 0.168. The van der Waals surface area contributed by atoms with Crippen LogP contribution in [0.1, 0.15) is 0 Å². The standard InChI is InChI=1S/C7H9N5/c8-7-2-5-12(10-7)6-11-4-1-3-9-11/h1-5H,6H2,(H2,8,10). The summed E-state index contributed by atoms with van der Waals surface area (Å²) in [5.41, 5.74) is 5.45. The van der Waals surface area contributed by atoms with Gasteiger partial charge in [-0.25, -0.2) is 4.68 Å². The molecule has 2 aromatic rings. The zero-order chi connectivity index (χ0) is 8.39. The second-order valence-corrected chi connectivity index (χ2v) is 2.47. The molecule has 2 heterocycles. The molecule has 0 saturated carbocycles. The summed E-state index contributed by atoms with van der Waals surface area (Å²) in [5, 5.41) is 8.05. The van der Waals surface area contributed by atoms with Crippen molar-refractivity contribution in [3.05, 3.63) is 30.7 Å².